The molecule has 2 rings (SSSR count). The van der Waals surface area contributed by atoms with Crippen LogP contribution in [0.1, 0.15) is 27.8 Å². The number of nitriles is 1. The molecule has 0 aliphatic heterocycles. The lowest BCUT2D eigenvalue weighted by Crippen LogP contribution is -2.02. The number of ether oxygens (including phenoxy) is 1. The van der Waals surface area contributed by atoms with Crippen LogP contribution in [-0.4, -0.2) is 0 Å². The van der Waals surface area contributed by atoms with Gasteiger partial charge in [0.15, 0.2) is 0 Å². The second kappa shape index (κ2) is 6.11. The zero-order chi connectivity index (χ0) is 14.7. The molecule has 2 aromatic carbocycles. The summed E-state index contributed by atoms with van der Waals surface area (Å²) in [7, 11) is 0. The molecule has 0 heterocycles. The van der Waals surface area contributed by atoms with E-state index in [-0.39, 0.29) is 0 Å². The van der Waals surface area contributed by atoms with E-state index in [2.05, 4.69) is 54.9 Å². The summed E-state index contributed by atoms with van der Waals surface area (Å²) in [6, 6.07) is 11.9. The predicted octanol–water partition coefficient (Wildman–Crippen LogP) is 4.83. The van der Waals surface area contributed by atoms with Gasteiger partial charge in [-0.05, 0) is 55.7 Å². The van der Waals surface area contributed by atoms with Crippen LogP contribution < -0.4 is 4.74 Å². The minimum Gasteiger partial charge on any atom is -0.488 e. The van der Waals surface area contributed by atoms with E-state index in [0.29, 0.717) is 17.9 Å². The van der Waals surface area contributed by atoms with E-state index in [1.165, 1.54) is 22.3 Å². The lowest BCUT2D eigenvalue weighted by atomic mass is 10.0. The van der Waals surface area contributed by atoms with Crippen LogP contribution in [0, 0.1) is 32.1 Å². The van der Waals surface area contributed by atoms with Crippen LogP contribution in [0.5, 0.6) is 5.75 Å². The first-order chi connectivity index (χ1) is 9.51. The average Bonchev–Trinajstić information content (AvgIpc) is 2.38. The van der Waals surface area contributed by atoms with Gasteiger partial charge in [0, 0.05) is 4.47 Å². The van der Waals surface area contributed by atoms with Crippen LogP contribution >= 0.6 is 15.9 Å². The van der Waals surface area contributed by atoms with Gasteiger partial charge in [-0.2, -0.15) is 5.26 Å². The van der Waals surface area contributed by atoms with Crippen LogP contribution in [0.3, 0.4) is 0 Å². The number of aryl methyl sites for hydroxylation is 3. The van der Waals surface area contributed by atoms with Crippen LogP contribution in [0.2, 0.25) is 0 Å². The van der Waals surface area contributed by atoms with Crippen LogP contribution in [-0.2, 0) is 6.61 Å². The maximum atomic E-state index is 9.13. The molecule has 0 aliphatic rings. The zero-order valence-corrected chi connectivity index (χ0v) is 13.4. The van der Waals surface area contributed by atoms with E-state index in [1.54, 1.807) is 6.07 Å². The maximum absolute atomic E-state index is 9.13. The molecule has 0 amide bonds. The standard InChI is InChI=1S/C17H16BrNO/c1-11-6-12(2)16(13(3)7-11)10-20-17-5-4-15(18)8-14(17)9-19/h4-8H,10H2,1-3H3. The highest BCUT2D eigenvalue weighted by atomic mass is 79.9. The van der Waals surface area contributed by atoms with Gasteiger partial charge in [0.2, 0.25) is 0 Å². The Bertz CT molecular complexity index is 663. The lowest BCUT2D eigenvalue weighted by molar-refractivity contribution is 0.303. The number of hydrogen-bond acceptors (Lipinski definition) is 2. The van der Waals surface area contributed by atoms with Crippen molar-refractivity contribution in [3.8, 4) is 11.8 Å². The Morgan fingerprint density at radius 3 is 2.35 bits per heavy atom. The van der Waals surface area contributed by atoms with Crippen molar-refractivity contribution in [2.24, 2.45) is 0 Å². The first-order valence-corrected chi connectivity index (χ1v) is 7.19. The topological polar surface area (TPSA) is 33.0 Å². The Labute approximate surface area is 128 Å². The fourth-order valence-electron chi connectivity index (χ4n) is 2.30. The molecule has 0 N–H and O–H groups in total. The minimum atomic E-state index is 0.480. The first-order valence-electron chi connectivity index (χ1n) is 6.40. The third-order valence-electron chi connectivity index (χ3n) is 3.27. The second-order valence-corrected chi connectivity index (χ2v) is 5.83. The Kier molecular flexibility index (Phi) is 4.46. The highest BCUT2D eigenvalue weighted by Crippen LogP contribution is 2.25. The molecule has 0 bridgehead atoms. The highest BCUT2D eigenvalue weighted by Gasteiger charge is 2.08. The summed E-state index contributed by atoms with van der Waals surface area (Å²) in [5.41, 5.74) is 5.42. The molecule has 0 aromatic heterocycles. The van der Waals surface area contributed by atoms with Crippen molar-refractivity contribution < 1.29 is 4.74 Å². The zero-order valence-electron chi connectivity index (χ0n) is 11.8. The summed E-state index contributed by atoms with van der Waals surface area (Å²) in [6.07, 6.45) is 0. The van der Waals surface area contributed by atoms with Crippen molar-refractivity contribution in [2.45, 2.75) is 27.4 Å². The molecule has 2 aromatic rings. The molecule has 0 aliphatic carbocycles. The van der Waals surface area contributed by atoms with Gasteiger partial charge >= 0.3 is 0 Å². The molecule has 0 unspecified atom stereocenters. The maximum Gasteiger partial charge on any atom is 0.137 e. The molecule has 0 atom stereocenters. The molecule has 20 heavy (non-hydrogen) atoms. The van der Waals surface area contributed by atoms with Gasteiger partial charge < -0.3 is 4.74 Å². The molecule has 0 spiro atoms. The van der Waals surface area contributed by atoms with E-state index in [0.717, 1.165) is 4.47 Å². The first kappa shape index (κ1) is 14.6. The Morgan fingerprint density at radius 1 is 1.10 bits per heavy atom. The van der Waals surface area contributed by atoms with E-state index in [9.17, 15) is 0 Å². The molecule has 0 radical (unpaired) electrons. The van der Waals surface area contributed by atoms with E-state index in [1.807, 2.05) is 12.1 Å². The molecule has 0 saturated carbocycles. The van der Waals surface area contributed by atoms with Crippen molar-refractivity contribution in [3.05, 3.63) is 62.6 Å². The van der Waals surface area contributed by atoms with Gasteiger partial charge in [0.05, 0.1) is 5.56 Å². The Hall–Kier alpha value is -1.79. The van der Waals surface area contributed by atoms with Gasteiger partial charge in [-0.15, -0.1) is 0 Å². The molecule has 3 heteroatoms. The molecule has 0 fully saturated rings. The summed E-state index contributed by atoms with van der Waals surface area (Å²) >= 11 is 3.36. The molecule has 102 valence electrons. The fourth-order valence-corrected chi connectivity index (χ4v) is 2.66. The van der Waals surface area contributed by atoms with Crippen LogP contribution in [0.15, 0.2) is 34.8 Å². The highest BCUT2D eigenvalue weighted by molar-refractivity contribution is 9.10. The van der Waals surface area contributed by atoms with Gasteiger partial charge in [-0.3, -0.25) is 0 Å². The van der Waals surface area contributed by atoms with Crippen molar-refractivity contribution in [2.75, 3.05) is 0 Å². The number of benzene rings is 2. The largest absolute Gasteiger partial charge is 0.488 e. The van der Waals surface area contributed by atoms with Crippen molar-refractivity contribution >= 4 is 15.9 Å². The Morgan fingerprint density at radius 2 is 1.75 bits per heavy atom. The number of hydrogen-bond donors (Lipinski definition) is 0. The predicted molar refractivity (Wildman–Crippen MR) is 83.8 cm³/mol. The van der Waals surface area contributed by atoms with Gasteiger partial charge in [-0.25, -0.2) is 0 Å². The number of rotatable bonds is 3. The van der Waals surface area contributed by atoms with E-state index < -0.39 is 0 Å². The summed E-state index contributed by atoms with van der Waals surface area (Å²) < 4.78 is 6.71. The number of halogens is 1. The number of nitrogens with zero attached hydrogens (tertiary/aromatic N) is 1. The Balaban J connectivity index is 2.24. The monoisotopic (exact) mass is 329 g/mol. The smallest absolute Gasteiger partial charge is 0.137 e. The second-order valence-electron chi connectivity index (χ2n) is 4.92. The molecular formula is C17H16BrNO. The third kappa shape index (κ3) is 3.20. The van der Waals surface area contributed by atoms with Gasteiger partial charge in [-0.1, -0.05) is 33.6 Å². The van der Waals surface area contributed by atoms with E-state index in [4.69, 9.17) is 10.00 Å². The van der Waals surface area contributed by atoms with Gasteiger partial charge in [0.1, 0.15) is 18.4 Å². The SMILES string of the molecule is Cc1cc(C)c(COc2ccc(Br)cc2C#N)c(C)c1. The summed E-state index contributed by atoms with van der Waals surface area (Å²) in [4.78, 5) is 0. The van der Waals surface area contributed by atoms with E-state index >= 15 is 0 Å². The van der Waals surface area contributed by atoms with Gasteiger partial charge in [0.25, 0.3) is 0 Å². The summed E-state index contributed by atoms with van der Waals surface area (Å²) in [6.45, 7) is 6.75. The fraction of sp³-hybridized carbons (Fsp3) is 0.235. The lowest BCUT2D eigenvalue weighted by Gasteiger charge is -2.13. The van der Waals surface area contributed by atoms with Crippen molar-refractivity contribution in [1.82, 2.24) is 0 Å². The van der Waals surface area contributed by atoms with Crippen molar-refractivity contribution in [3.63, 3.8) is 0 Å². The normalized spacial score (nSPS) is 10.2. The quantitative estimate of drug-likeness (QED) is 0.808. The summed E-state index contributed by atoms with van der Waals surface area (Å²) in [5.74, 6) is 0.620. The van der Waals surface area contributed by atoms with Crippen molar-refractivity contribution in [1.29, 1.82) is 5.26 Å². The molecule has 0 saturated heterocycles. The molecular weight excluding hydrogens is 314 g/mol. The third-order valence-corrected chi connectivity index (χ3v) is 3.77. The molecule has 2 nitrogen and oxygen atoms in total. The van der Waals surface area contributed by atoms with Crippen LogP contribution in [0.25, 0.3) is 0 Å². The summed E-state index contributed by atoms with van der Waals surface area (Å²) in [5, 5.41) is 9.13. The van der Waals surface area contributed by atoms with Crippen LogP contribution in [0.4, 0.5) is 0 Å². The average molecular weight is 330 g/mol. The minimum absolute atomic E-state index is 0.480.